The molecule has 0 bridgehead atoms. The number of rotatable bonds is 8. The van der Waals surface area contributed by atoms with Crippen LogP contribution in [0.1, 0.15) is 32.1 Å². The number of nitrogens with zero attached hydrogens (tertiary/aromatic N) is 3. The van der Waals surface area contributed by atoms with Gasteiger partial charge in [-0.3, -0.25) is 14.4 Å². The molecule has 5 nitrogen and oxygen atoms in total. The van der Waals surface area contributed by atoms with Gasteiger partial charge in [-0.05, 0) is 63.0 Å². The van der Waals surface area contributed by atoms with Crippen molar-refractivity contribution in [1.82, 2.24) is 14.7 Å². The zero-order chi connectivity index (χ0) is 18.4. The first-order chi connectivity index (χ1) is 12.6. The van der Waals surface area contributed by atoms with E-state index < -0.39 is 0 Å². The maximum absolute atomic E-state index is 12.6. The number of hydrogen-bond donors (Lipinski definition) is 1. The van der Waals surface area contributed by atoms with Crippen LogP contribution in [-0.2, 0) is 11.3 Å². The van der Waals surface area contributed by atoms with Gasteiger partial charge in [-0.15, -0.1) is 0 Å². The Morgan fingerprint density at radius 1 is 1.15 bits per heavy atom. The smallest absolute Gasteiger partial charge is 0.241 e. The molecule has 3 rings (SSSR count). The molecular formula is C19H24Cl2N4O. The van der Waals surface area contributed by atoms with Crippen LogP contribution in [0.3, 0.4) is 0 Å². The fourth-order valence-corrected chi connectivity index (χ4v) is 3.97. The molecule has 1 unspecified atom stereocenters. The predicted octanol–water partition coefficient (Wildman–Crippen LogP) is 4.46. The van der Waals surface area contributed by atoms with Crippen molar-refractivity contribution in [3.63, 3.8) is 0 Å². The molecule has 0 radical (unpaired) electrons. The topological polar surface area (TPSA) is 50.2 Å². The highest BCUT2D eigenvalue weighted by atomic mass is 35.5. The quantitative estimate of drug-likeness (QED) is 0.672. The highest BCUT2D eigenvalue weighted by Gasteiger charge is 2.30. The highest BCUT2D eigenvalue weighted by molar-refractivity contribution is 6.35. The van der Waals surface area contributed by atoms with E-state index in [0.717, 1.165) is 51.7 Å². The van der Waals surface area contributed by atoms with Gasteiger partial charge in [0.05, 0.1) is 6.04 Å². The zero-order valence-corrected chi connectivity index (χ0v) is 16.2. The third-order valence-electron chi connectivity index (χ3n) is 4.69. The van der Waals surface area contributed by atoms with Crippen molar-refractivity contribution >= 4 is 34.8 Å². The summed E-state index contributed by atoms with van der Waals surface area (Å²) in [7, 11) is 0. The molecule has 1 N–H and O–H groups in total. The van der Waals surface area contributed by atoms with Gasteiger partial charge in [0.2, 0.25) is 5.91 Å². The number of benzene rings is 1. The van der Waals surface area contributed by atoms with E-state index in [9.17, 15) is 4.79 Å². The molecule has 1 amide bonds. The number of hydrogen-bond acceptors (Lipinski definition) is 3. The minimum absolute atomic E-state index is 0.0253. The number of aryl methyl sites for hydroxylation is 1. The molecule has 1 aromatic carbocycles. The summed E-state index contributed by atoms with van der Waals surface area (Å²) in [5.74, 6) is 0.0253. The summed E-state index contributed by atoms with van der Waals surface area (Å²) in [6, 6.07) is 6.98. The van der Waals surface area contributed by atoms with Crippen LogP contribution in [0.25, 0.3) is 0 Å². The first kappa shape index (κ1) is 19.2. The normalized spacial score (nSPS) is 17.5. The van der Waals surface area contributed by atoms with Crippen LogP contribution < -0.4 is 5.32 Å². The molecule has 0 spiro atoms. The Bertz CT molecular complexity index is 700. The molecule has 0 saturated carbocycles. The average Bonchev–Trinajstić information content (AvgIpc) is 3.24. The van der Waals surface area contributed by atoms with Gasteiger partial charge in [-0.2, -0.15) is 5.10 Å². The Morgan fingerprint density at radius 2 is 1.92 bits per heavy atom. The van der Waals surface area contributed by atoms with Crippen molar-refractivity contribution in [2.75, 3.05) is 18.4 Å². The van der Waals surface area contributed by atoms with E-state index in [0.29, 0.717) is 15.7 Å². The Morgan fingerprint density at radius 3 is 2.65 bits per heavy atom. The van der Waals surface area contributed by atoms with Crippen molar-refractivity contribution < 1.29 is 4.79 Å². The number of amides is 1. The van der Waals surface area contributed by atoms with E-state index in [2.05, 4.69) is 15.3 Å². The van der Waals surface area contributed by atoms with Gasteiger partial charge in [-0.25, -0.2) is 0 Å². The number of anilines is 1. The summed E-state index contributed by atoms with van der Waals surface area (Å²) in [6.45, 7) is 2.88. The summed E-state index contributed by atoms with van der Waals surface area (Å²) in [5.41, 5.74) is 0.651. The molecule has 26 heavy (non-hydrogen) atoms. The standard InChI is InChI=1S/C19H24Cl2N4O/c20-15-12-16(21)14-17(13-15)23-19(26)18-6-4-9-24(18)8-2-1-3-10-25-11-5-7-22-25/h5,7,11-14,18H,1-4,6,8-10H2,(H,23,26). The summed E-state index contributed by atoms with van der Waals surface area (Å²) in [6.07, 6.45) is 9.08. The number of carbonyl (C=O) groups excluding carboxylic acids is 1. The molecular weight excluding hydrogens is 371 g/mol. The van der Waals surface area contributed by atoms with Gasteiger partial charge in [-0.1, -0.05) is 29.6 Å². The first-order valence-electron chi connectivity index (χ1n) is 9.10. The Kier molecular flexibility index (Phi) is 6.94. The third kappa shape index (κ3) is 5.47. The van der Waals surface area contributed by atoms with E-state index >= 15 is 0 Å². The molecule has 1 aliphatic rings. The van der Waals surface area contributed by atoms with E-state index in [-0.39, 0.29) is 11.9 Å². The van der Waals surface area contributed by atoms with E-state index in [1.54, 1.807) is 24.4 Å². The van der Waals surface area contributed by atoms with Gasteiger partial charge in [0.25, 0.3) is 0 Å². The molecule has 2 heterocycles. The van der Waals surface area contributed by atoms with E-state index in [1.165, 1.54) is 0 Å². The molecule has 1 aromatic heterocycles. The van der Waals surface area contributed by atoms with Gasteiger partial charge in [0.1, 0.15) is 0 Å². The molecule has 1 saturated heterocycles. The number of unbranched alkanes of at least 4 members (excludes halogenated alkanes) is 2. The number of likely N-dealkylation sites (tertiary alicyclic amines) is 1. The highest BCUT2D eigenvalue weighted by Crippen LogP contribution is 2.24. The first-order valence-corrected chi connectivity index (χ1v) is 9.86. The Balaban J connectivity index is 1.44. The van der Waals surface area contributed by atoms with Crippen molar-refractivity contribution in [3.8, 4) is 0 Å². The lowest BCUT2D eigenvalue weighted by molar-refractivity contribution is -0.120. The molecule has 1 fully saturated rings. The second-order valence-corrected chi connectivity index (χ2v) is 7.54. The molecule has 2 aromatic rings. The summed E-state index contributed by atoms with van der Waals surface area (Å²) < 4.78 is 1.96. The van der Waals surface area contributed by atoms with Gasteiger partial charge in [0.15, 0.2) is 0 Å². The summed E-state index contributed by atoms with van der Waals surface area (Å²) >= 11 is 12.0. The van der Waals surface area contributed by atoms with Crippen LogP contribution in [0.2, 0.25) is 10.0 Å². The summed E-state index contributed by atoms with van der Waals surface area (Å²) in [4.78, 5) is 14.9. The number of halogens is 2. The van der Waals surface area contributed by atoms with Gasteiger partial charge < -0.3 is 5.32 Å². The third-order valence-corrected chi connectivity index (χ3v) is 5.12. The average molecular weight is 395 g/mol. The van der Waals surface area contributed by atoms with Crippen molar-refractivity contribution in [2.45, 2.75) is 44.7 Å². The van der Waals surface area contributed by atoms with E-state index in [1.807, 2.05) is 16.9 Å². The molecule has 0 aliphatic carbocycles. The van der Waals surface area contributed by atoms with Crippen molar-refractivity contribution in [1.29, 1.82) is 0 Å². The predicted molar refractivity (Wildman–Crippen MR) is 106 cm³/mol. The molecule has 140 valence electrons. The largest absolute Gasteiger partial charge is 0.325 e. The molecule has 1 atom stereocenters. The minimum Gasteiger partial charge on any atom is -0.325 e. The lowest BCUT2D eigenvalue weighted by atomic mass is 10.1. The van der Waals surface area contributed by atoms with Crippen LogP contribution >= 0.6 is 23.2 Å². The number of aromatic nitrogens is 2. The van der Waals surface area contributed by atoms with Crippen LogP contribution in [-0.4, -0.2) is 39.7 Å². The second kappa shape index (κ2) is 9.40. The maximum atomic E-state index is 12.6. The molecule has 1 aliphatic heterocycles. The monoisotopic (exact) mass is 394 g/mol. The minimum atomic E-state index is -0.0705. The van der Waals surface area contributed by atoms with Crippen LogP contribution in [0, 0.1) is 0 Å². The number of nitrogens with one attached hydrogen (secondary N) is 1. The van der Waals surface area contributed by atoms with Crippen molar-refractivity contribution in [2.24, 2.45) is 0 Å². The fourth-order valence-electron chi connectivity index (χ4n) is 3.44. The SMILES string of the molecule is O=C(Nc1cc(Cl)cc(Cl)c1)C1CCCN1CCCCCn1cccn1. The Labute approximate surface area is 164 Å². The second-order valence-electron chi connectivity index (χ2n) is 6.67. The lowest BCUT2D eigenvalue weighted by Gasteiger charge is -2.23. The lowest BCUT2D eigenvalue weighted by Crippen LogP contribution is -2.40. The van der Waals surface area contributed by atoms with Crippen LogP contribution in [0.15, 0.2) is 36.7 Å². The summed E-state index contributed by atoms with van der Waals surface area (Å²) in [5, 5.41) is 8.21. The van der Waals surface area contributed by atoms with Gasteiger partial charge >= 0.3 is 0 Å². The maximum Gasteiger partial charge on any atom is 0.241 e. The zero-order valence-electron chi connectivity index (χ0n) is 14.7. The number of carbonyl (C=O) groups is 1. The molecule has 7 heteroatoms. The van der Waals surface area contributed by atoms with Crippen LogP contribution in [0.5, 0.6) is 0 Å². The van der Waals surface area contributed by atoms with Gasteiger partial charge in [0, 0.05) is 34.7 Å². The van der Waals surface area contributed by atoms with E-state index in [4.69, 9.17) is 23.2 Å². The van der Waals surface area contributed by atoms with Crippen molar-refractivity contribution in [3.05, 3.63) is 46.7 Å². The Hall–Kier alpha value is -1.56. The van der Waals surface area contributed by atoms with Crippen LogP contribution in [0.4, 0.5) is 5.69 Å². The fraction of sp³-hybridized carbons (Fsp3) is 0.474.